The fourth-order valence-corrected chi connectivity index (χ4v) is 1.80. The van der Waals surface area contributed by atoms with Crippen LogP contribution < -0.4 is 10.6 Å². The minimum atomic E-state index is -0.534. The lowest BCUT2D eigenvalue weighted by molar-refractivity contribution is -0.384. The molecule has 1 aromatic heterocycles. The van der Waals surface area contributed by atoms with Crippen molar-refractivity contribution in [2.75, 3.05) is 23.7 Å². The molecule has 7 heteroatoms. The van der Waals surface area contributed by atoms with E-state index in [2.05, 4.69) is 15.6 Å². The summed E-state index contributed by atoms with van der Waals surface area (Å²) in [5.74, 6) is 0.268. The molecule has 2 N–H and O–H groups in total. The molecule has 0 aliphatic rings. The monoisotopic (exact) mass is 290 g/mol. The van der Waals surface area contributed by atoms with E-state index in [1.807, 2.05) is 18.2 Å². The van der Waals surface area contributed by atoms with Crippen molar-refractivity contribution in [3.05, 3.63) is 58.5 Å². The van der Waals surface area contributed by atoms with Gasteiger partial charge >= 0.3 is 0 Å². The van der Waals surface area contributed by atoms with Crippen molar-refractivity contribution in [3.8, 4) is 0 Å². The maximum atomic E-state index is 13.1. The fourth-order valence-electron chi connectivity index (χ4n) is 1.80. The first-order chi connectivity index (χ1) is 10.2. The molecule has 110 valence electrons. The van der Waals surface area contributed by atoms with Crippen LogP contribution in [0.25, 0.3) is 0 Å². The van der Waals surface area contributed by atoms with E-state index in [9.17, 15) is 14.5 Å². The Labute approximate surface area is 121 Å². The van der Waals surface area contributed by atoms with E-state index < -0.39 is 10.7 Å². The predicted octanol–water partition coefficient (Wildman–Crippen LogP) is 3.04. The van der Waals surface area contributed by atoms with Crippen LogP contribution in [0.1, 0.15) is 6.42 Å². The van der Waals surface area contributed by atoms with Gasteiger partial charge in [-0.15, -0.1) is 0 Å². The predicted molar refractivity (Wildman–Crippen MR) is 78.9 cm³/mol. The van der Waals surface area contributed by atoms with E-state index in [0.717, 1.165) is 24.0 Å². The smallest absolute Gasteiger partial charge is 0.292 e. The molecular weight excluding hydrogens is 275 g/mol. The van der Waals surface area contributed by atoms with Crippen molar-refractivity contribution >= 4 is 17.2 Å². The van der Waals surface area contributed by atoms with E-state index in [1.165, 1.54) is 0 Å². The van der Waals surface area contributed by atoms with Crippen LogP contribution in [0.2, 0.25) is 0 Å². The highest BCUT2D eigenvalue weighted by Gasteiger charge is 2.13. The van der Waals surface area contributed by atoms with Crippen LogP contribution in [0, 0.1) is 15.9 Å². The molecule has 0 aliphatic carbocycles. The van der Waals surface area contributed by atoms with Crippen molar-refractivity contribution in [3.63, 3.8) is 0 Å². The average Bonchev–Trinajstić information content (AvgIpc) is 2.48. The topological polar surface area (TPSA) is 80.1 Å². The fraction of sp³-hybridized carbons (Fsp3) is 0.214. The quantitative estimate of drug-likeness (QED) is 0.465. The minimum absolute atomic E-state index is 0.130. The van der Waals surface area contributed by atoms with Crippen molar-refractivity contribution in [2.24, 2.45) is 0 Å². The van der Waals surface area contributed by atoms with E-state index in [-0.39, 0.29) is 11.4 Å². The molecule has 0 amide bonds. The molecule has 1 heterocycles. The molecule has 1 aromatic carbocycles. The highest BCUT2D eigenvalue weighted by atomic mass is 19.1. The van der Waals surface area contributed by atoms with Crippen LogP contribution in [0.5, 0.6) is 0 Å². The number of rotatable bonds is 7. The number of anilines is 2. The number of nitro benzene ring substituents is 1. The Morgan fingerprint density at radius 1 is 1.19 bits per heavy atom. The standard InChI is InChI=1S/C14H15FN4O2/c15-11-5-6-13(19(20)21)12(10-11)16-8-3-9-18-14-4-1-2-7-17-14/h1-2,4-7,10,16H,3,8-9H2,(H,17,18). The van der Waals surface area contributed by atoms with Crippen LogP contribution in [0.15, 0.2) is 42.6 Å². The normalized spacial score (nSPS) is 10.1. The number of nitro groups is 1. The Morgan fingerprint density at radius 2 is 2.00 bits per heavy atom. The number of nitrogens with zero attached hydrogens (tertiary/aromatic N) is 2. The molecule has 0 unspecified atom stereocenters. The SMILES string of the molecule is O=[N+]([O-])c1ccc(F)cc1NCCCNc1ccccn1. The van der Waals surface area contributed by atoms with Gasteiger partial charge in [0.1, 0.15) is 17.3 Å². The first-order valence-corrected chi connectivity index (χ1v) is 6.49. The van der Waals surface area contributed by atoms with Crippen molar-refractivity contribution in [1.29, 1.82) is 0 Å². The number of pyridine rings is 1. The molecule has 0 spiro atoms. The molecule has 21 heavy (non-hydrogen) atoms. The zero-order chi connectivity index (χ0) is 15.1. The summed E-state index contributed by atoms with van der Waals surface area (Å²) >= 11 is 0. The molecule has 2 aromatic rings. The van der Waals surface area contributed by atoms with Gasteiger partial charge in [0.2, 0.25) is 0 Å². The Hall–Kier alpha value is -2.70. The zero-order valence-electron chi connectivity index (χ0n) is 11.3. The number of hydrogen-bond acceptors (Lipinski definition) is 5. The lowest BCUT2D eigenvalue weighted by atomic mass is 10.2. The lowest BCUT2D eigenvalue weighted by Gasteiger charge is -2.08. The Kier molecular flexibility index (Phi) is 5.03. The molecule has 0 bridgehead atoms. The van der Waals surface area contributed by atoms with Crippen LogP contribution in [-0.2, 0) is 0 Å². The highest BCUT2D eigenvalue weighted by molar-refractivity contribution is 5.61. The zero-order valence-corrected chi connectivity index (χ0v) is 11.3. The number of halogens is 1. The van der Waals surface area contributed by atoms with Gasteiger partial charge in [-0.25, -0.2) is 9.37 Å². The van der Waals surface area contributed by atoms with Gasteiger partial charge < -0.3 is 10.6 Å². The van der Waals surface area contributed by atoms with Gasteiger partial charge in [0.15, 0.2) is 0 Å². The average molecular weight is 290 g/mol. The van der Waals surface area contributed by atoms with Gasteiger partial charge in [-0.3, -0.25) is 10.1 Å². The Balaban J connectivity index is 1.81. The molecular formula is C14H15FN4O2. The summed E-state index contributed by atoms with van der Waals surface area (Å²) in [5, 5.41) is 16.8. The third-order valence-corrected chi connectivity index (χ3v) is 2.80. The summed E-state index contributed by atoms with van der Waals surface area (Å²) in [6, 6.07) is 8.92. The second-order valence-corrected chi connectivity index (χ2v) is 4.34. The summed E-state index contributed by atoms with van der Waals surface area (Å²) in [6.07, 6.45) is 2.40. The number of hydrogen-bond donors (Lipinski definition) is 2. The van der Waals surface area contributed by atoms with Crippen LogP contribution in [0.3, 0.4) is 0 Å². The van der Waals surface area contributed by atoms with E-state index in [0.29, 0.717) is 19.5 Å². The molecule has 2 rings (SSSR count). The van der Waals surface area contributed by atoms with Gasteiger partial charge in [-0.2, -0.15) is 0 Å². The van der Waals surface area contributed by atoms with Crippen LogP contribution >= 0.6 is 0 Å². The maximum absolute atomic E-state index is 13.1. The second-order valence-electron chi connectivity index (χ2n) is 4.34. The first-order valence-electron chi connectivity index (χ1n) is 6.49. The van der Waals surface area contributed by atoms with Gasteiger partial charge in [0.05, 0.1) is 4.92 Å². The summed E-state index contributed by atoms with van der Waals surface area (Å²) < 4.78 is 13.1. The Bertz CT molecular complexity index is 607. The van der Waals surface area contributed by atoms with Gasteiger partial charge in [-0.05, 0) is 24.6 Å². The summed E-state index contributed by atoms with van der Waals surface area (Å²) in [7, 11) is 0. The lowest BCUT2D eigenvalue weighted by Crippen LogP contribution is -2.10. The van der Waals surface area contributed by atoms with Gasteiger partial charge in [0.25, 0.3) is 5.69 Å². The molecule has 0 fully saturated rings. The summed E-state index contributed by atoms with van der Waals surface area (Å²) in [6.45, 7) is 1.15. The number of benzene rings is 1. The molecule has 0 saturated carbocycles. The Morgan fingerprint density at radius 3 is 2.71 bits per heavy atom. The first kappa shape index (κ1) is 14.7. The molecule has 0 aliphatic heterocycles. The third-order valence-electron chi connectivity index (χ3n) is 2.80. The van der Waals surface area contributed by atoms with E-state index in [1.54, 1.807) is 6.20 Å². The van der Waals surface area contributed by atoms with Gasteiger partial charge in [0, 0.05) is 31.4 Å². The summed E-state index contributed by atoms with van der Waals surface area (Å²) in [4.78, 5) is 14.4. The van der Waals surface area contributed by atoms with E-state index in [4.69, 9.17) is 0 Å². The molecule has 6 nitrogen and oxygen atoms in total. The third kappa shape index (κ3) is 4.41. The van der Waals surface area contributed by atoms with Crippen molar-refractivity contribution in [1.82, 2.24) is 4.98 Å². The second kappa shape index (κ2) is 7.18. The van der Waals surface area contributed by atoms with Gasteiger partial charge in [-0.1, -0.05) is 6.07 Å². The molecule has 0 atom stereocenters. The van der Waals surface area contributed by atoms with Crippen molar-refractivity contribution in [2.45, 2.75) is 6.42 Å². The molecule has 0 saturated heterocycles. The van der Waals surface area contributed by atoms with E-state index >= 15 is 0 Å². The number of aromatic nitrogens is 1. The number of nitrogens with one attached hydrogen (secondary N) is 2. The van der Waals surface area contributed by atoms with Crippen LogP contribution in [0.4, 0.5) is 21.6 Å². The summed E-state index contributed by atoms with van der Waals surface area (Å²) in [5.41, 5.74) is 0.0620. The molecule has 0 radical (unpaired) electrons. The van der Waals surface area contributed by atoms with Crippen molar-refractivity contribution < 1.29 is 9.31 Å². The largest absolute Gasteiger partial charge is 0.379 e. The van der Waals surface area contributed by atoms with Crippen LogP contribution in [-0.4, -0.2) is 23.0 Å². The minimum Gasteiger partial charge on any atom is -0.379 e. The highest BCUT2D eigenvalue weighted by Crippen LogP contribution is 2.24. The maximum Gasteiger partial charge on any atom is 0.292 e.